The lowest BCUT2D eigenvalue weighted by Gasteiger charge is -2.32. The van der Waals surface area contributed by atoms with E-state index in [1.54, 1.807) is 0 Å². The molecule has 1 atom stereocenters. The van der Waals surface area contributed by atoms with E-state index in [4.69, 9.17) is 0 Å². The minimum absolute atomic E-state index is 0.0299. The van der Waals surface area contributed by atoms with Gasteiger partial charge >= 0.3 is 6.18 Å². The van der Waals surface area contributed by atoms with Crippen molar-refractivity contribution in [2.45, 2.75) is 18.3 Å². The zero-order chi connectivity index (χ0) is 18.2. The number of pyridine rings is 1. The van der Waals surface area contributed by atoms with Gasteiger partial charge in [0.05, 0.1) is 17.7 Å². The number of carbonyl (C=O) groups excluding carboxylic acids is 1. The summed E-state index contributed by atoms with van der Waals surface area (Å²) in [6.45, 7) is 0. The summed E-state index contributed by atoms with van der Waals surface area (Å²) in [5.41, 5.74) is -3.73. The first kappa shape index (κ1) is 16.9. The molecule has 1 aliphatic heterocycles. The molecular formula is C16H12F3N3O3. The summed E-state index contributed by atoms with van der Waals surface area (Å²) < 4.78 is 40.4. The van der Waals surface area contributed by atoms with Gasteiger partial charge in [0.2, 0.25) is 0 Å². The number of hydrazone groups is 1. The highest BCUT2D eigenvalue weighted by atomic mass is 19.4. The van der Waals surface area contributed by atoms with E-state index in [9.17, 15) is 28.2 Å². The maximum Gasteiger partial charge on any atom is 0.438 e. The van der Waals surface area contributed by atoms with Gasteiger partial charge in [0.25, 0.3) is 11.6 Å². The maximum absolute atomic E-state index is 13.5. The third-order valence-corrected chi connectivity index (χ3v) is 3.78. The molecule has 6 nitrogen and oxygen atoms in total. The molecule has 2 aromatic rings. The van der Waals surface area contributed by atoms with Gasteiger partial charge in [0.15, 0.2) is 0 Å². The smallest absolute Gasteiger partial charge is 0.438 e. The van der Waals surface area contributed by atoms with Gasteiger partial charge in [-0.25, -0.2) is 0 Å². The number of carbonyl (C=O) groups is 1. The van der Waals surface area contributed by atoms with Gasteiger partial charge in [0, 0.05) is 18.0 Å². The first-order valence-corrected chi connectivity index (χ1v) is 7.13. The molecule has 130 valence electrons. The quantitative estimate of drug-likeness (QED) is 0.869. The van der Waals surface area contributed by atoms with Gasteiger partial charge in [-0.15, -0.1) is 0 Å². The largest absolute Gasteiger partial charge is 0.507 e. The number of para-hydroxylation sites is 1. The van der Waals surface area contributed by atoms with Gasteiger partial charge in [-0.2, -0.15) is 23.3 Å². The zero-order valence-corrected chi connectivity index (χ0v) is 12.6. The molecule has 0 saturated carbocycles. The third kappa shape index (κ3) is 2.82. The Morgan fingerprint density at radius 2 is 1.80 bits per heavy atom. The van der Waals surface area contributed by atoms with Crippen LogP contribution >= 0.6 is 0 Å². The Morgan fingerprint density at radius 3 is 2.40 bits per heavy atom. The third-order valence-electron chi connectivity index (χ3n) is 3.78. The van der Waals surface area contributed by atoms with Gasteiger partial charge in [0.1, 0.15) is 5.75 Å². The molecule has 25 heavy (non-hydrogen) atoms. The van der Waals surface area contributed by atoms with Crippen LogP contribution in [0.25, 0.3) is 0 Å². The van der Waals surface area contributed by atoms with E-state index in [-0.39, 0.29) is 10.7 Å². The molecule has 1 aromatic carbocycles. The molecule has 1 unspecified atom stereocenters. The molecule has 0 radical (unpaired) electrons. The Kier molecular flexibility index (Phi) is 3.96. The molecule has 2 heterocycles. The van der Waals surface area contributed by atoms with E-state index < -0.39 is 35.5 Å². The normalized spacial score (nSPS) is 20.5. The van der Waals surface area contributed by atoms with Crippen LogP contribution in [0.3, 0.4) is 0 Å². The van der Waals surface area contributed by atoms with Crippen LogP contribution in [0.4, 0.5) is 13.2 Å². The lowest BCUT2D eigenvalue weighted by molar-refractivity contribution is -0.297. The average molecular weight is 351 g/mol. The van der Waals surface area contributed by atoms with Crippen LogP contribution in [0.2, 0.25) is 0 Å². The summed E-state index contributed by atoms with van der Waals surface area (Å²) in [6, 6.07) is 7.94. The van der Waals surface area contributed by atoms with Gasteiger partial charge in [-0.3, -0.25) is 9.78 Å². The fraction of sp³-hybridized carbons (Fsp3) is 0.188. The summed E-state index contributed by atoms with van der Waals surface area (Å²) in [6.07, 6.45) is -3.36. The van der Waals surface area contributed by atoms with Crippen LogP contribution in [-0.2, 0) is 0 Å². The number of phenolic OH excluding ortho intramolecular Hbond substituents is 1. The minimum Gasteiger partial charge on any atom is -0.507 e. The Hall–Kier alpha value is -2.94. The summed E-state index contributed by atoms with van der Waals surface area (Å²) in [7, 11) is 0. The Labute approximate surface area is 139 Å². The molecular weight excluding hydrogens is 339 g/mol. The summed E-state index contributed by atoms with van der Waals surface area (Å²) >= 11 is 0. The molecule has 0 aliphatic carbocycles. The van der Waals surface area contributed by atoms with Crippen LogP contribution in [-0.4, -0.2) is 43.7 Å². The predicted octanol–water partition coefficient (Wildman–Crippen LogP) is 2.29. The molecule has 0 spiro atoms. The second kappa shape index (κ2) is 5.85. The number of amides is 1. The van der Waals surface area contributed by atoms with Crippen molar-refractivity contribution in [2.24, 2.45) is 5.10 Å². The highest BCUT2D eigenvalue weighted by molar-refractivity contribution is 6.05. The van der Waals surface area contributed by atoms with Crippen molar-refractivity contribution in [3.8, 4) is 5.75 Å². The van der Waals surface area contributed by atoms with Crippen LogP contribution in [0.5, 0.6) is 5.75 Å². The molecule has 1 aliphatic rings. The van der Waals surface area contributed by atoms with Crippen LogP contribution in [0, 0.1) is 0 Å². The number of benzene rings is 1. The van der Waals surface area contributed by atoms with E-state index in [1.807, 2.05) is 0 Å². The molecule has 3 rings (SSSR count). The number of phenols is 1. The molecule has 1 aromatic heterocycles. The SMILES string of the molecule is O=C(c1ccccc1O)N1N=C(c2ccncc2)CC1(O)C(F)(F)F. The Balaban J connectivity index is 2.08. The van der Waals surface area contributed by atoms with Gasteiger partial charge in [-0.05, 0) is 24.3 Å². The lowest BCUT2D eigenvalue weighted by Crippen LogP contribution is -2.56. The Bertz CT molecular complexity index is 839. The number of aliphatic hydroxyl groups is 1. The zero-order valence-electron chi connectivity index (χ0n) is 12.6. The van der Waals surface area contributed by atoms with Crippen molar-refractivity contribution >= 4 is 11.6 Å². The number of aromatic nitrogens is 1. The summed E-state index contributed by atoms with van der Waals surface area (Å²) in [5, 5.41) is 23.6. The predicted molar refractivity (Wildman–Crippen MR) is 80.7 cm³/mol. The molecule has 9 heteroatoms. The van der Waals surface area contributed by atoms with Crippen molar-refractivity contribution in [3.05, 3.63) is 59.9 Å². The number of nitrogens with zero attached hydrogens (tertiary/aromatic N) is 3. The van der Waals surface area contributed by atoms with E-state index >= 15 is 0 Å². The van der Waals surface area contributed by atoms with Crippen molar-refractivity contribution in [2.75, 3.05) is 0 Å². The monoisotopic (exact) mass is 351 g/mol. The highest BCUT2D eigenvalue weighted by Crippen LogP contribution is 2.42. The number of alkyl halides is 3. The van der Waals surface area contributed by atoms with E-state index in [0.717, 1.165) is 12.1 Å². The molecule has 0 fully saturated rings. The number of hydrogen-bond acceptors (Lipinski definition) is 5. The van der Waals surface area contributed by atoms with Crippen molar-refractivity contribution in [1.82, 2.24) is 9.99 Å². The van der Waals surface area contributed by atoms with Crippen LogP contribution in [0.15, 0.2) is 53.9 Å². The number of hydrogen-bond donors (Lipinski definition) is 2. The van der Waals surface area contributed by atoms with Gasteiger partial charge < -0.3 is 10.2 Å². The van der Waals surface area contributed by atoms with Crippen LogP contribution in [0.1, 0.15) is 22.3 Å². The van der Waals surface area contributed by atoms with E-state index in [1.165, 1.54) is 36.7 Å². The molecule has 2 N–H and O–H groups in total. The standard InChI is InChI=1S/C16H12F3N3O3/c17-16(18,19)15(25)9-12(10-5-7-20-8-6-10)21-22(15)14(24)11-3-1-2-4-13(11)23/h1-8,23,25H,9H2. The minimum atomic E-state index is -5.15. The fourth-order valence-electron chi connectivity index (χ4n) is 2.45. The first-order chi connectivity index (χ1) is 11.7. The van der Waals surface area contributed by atoms with E-state index in [0.29, 0.717) is 5.56 Å². The molecule has 1 amide bonds. The van der Waals surface area contributed by atoms with Gasteiger partial charge in [-0.1, -0.05) is 12.1 Å². The lowest BCUT2D eigenvalue weighted by atomic mass is 10.0. The second-order valence-electron chi connectivity index (χ2n) is 5.41. The fourth-order valence-corrected chi connectivity index (χ4v) is 2.45. The highest BCUT2D eigenvalue weighted by Gasteiger charge is 2.63. The number of halogens is 3. The topological polar surface area (TPSA) is 86.0 Å². The average Bonchev–Trinajstić information content (AvgIpc) is 2.94. The van der Waals surface area contributed by atoms with Crippen molar-refractivity contribution in [3.63, 3.8) is 0 Å². The van der Waals surface area contributed by atoms with E-state index in [2.05, 4.69) is 10.1 Å². The summed E-state index contributed by atoms with van der Waals surface area (Å²) in [4.78, 5) is 16.3. The second-order valence-corrected chi connectivity index (χ2v) is 5.41. The Morgan fingerprint density at radius 1 is 1.16 bits per heavy atom. The van der Waals surface area contributed by atoms with Crippen molar-refractivity contribution < 1.29 is 28.2 Å². The van der Waals surface area contributed by atoms with Crippen LogP contribution < -0.4 is 0 Å². The van der Waals surface area contributed by atoms with Crippen molar-refractivity contribution in [1.29, 1.82) is 0 Å². The first-order valence-electron chi connectivity index (χ1n) is 7.13. The number of aromatic hydroxyl groups is 1. The molecule has 0 bridgehead atoms. The number of rotatable bonds is 2. The molecule has 0 saturated heterocycles. The summed E-state index contributed by atoms with van der Waals surface area (Å²) in [5.74, 6) is -1.77. The maximum atomic E-state index is 13.5.